The first-order chi connectivity index (χ1) is 9.41. The molecule has 0 aromatic heterocycles. The number of anilines is 1. The van der Waals surface area contributed by atoms with E-state index in [9.17, 15) is 12.8 Å². The molecule has 0 radical (unpaired) electrons. The highest BCUT2D eigenvalue weighted by atomic mass is 32.2. The SMILES string of the molecule is CC1(C)CC(Nc2cc(S(C)(=O)=O)ccc2F)C(C)(C)O1. The maximum absolute atomic E-state index is 14.0. The first-order valence-corrected chi connectivity index (χ1v) is 8.76. The maximum Gasteiger partial charge on any atom is 0.175 e. The summed E-state index contributed by atoms with van der Waals surface area (Å²) in [6, 6.07) is 3.69. The molecule has 118 valence electrons. The zero-order chi connectivity index (χ0) is 16.1. The first-order valence-electron chi connectivity index (χ1n) is 6.87. The third-order valence-electron chi connectivity index (χ3n) is 3.77. The molecule has 6 heteroatoms. The molecule has 1 atom stereocenters. The maximum atomic E-state index is 14.0. The summed E-state index contributed by atoms with van der Waals surface area (Å²) in [5.41, 5.74) is -0.569. The van der Waals surface area contributed by atoms with E-state index in [-0.39, 0.29) is 22.2 Å². The van der Waals surface area contributed by atoms with Crippen molar-refractivity contribution in [1.82, 2.24) is 0 Å². The Hall–Kier alpha value is -1.14. The molecule has 0 aliphatic carbocycles. The summed E-state index contributed by atoms with van der Waals surface area (Å²) in [6.45, 7) is 7.86. The number of ether oxygens (including phenoxy) is 1. The van der Waals surface area contributed by atoms with Crippen LogP contribution in [0, 0.1) is 5.82 Å². The Morgan fingerprint density at radius 3 is 2.38 bits per heavy atom. The molecule has 1 fully saturated rings. The predicted molar refractivity (Wildman–Crippen MR) is 80.8 cm³/mol. The Morgan fingerprint density at radius 2 is 1.90 bits per heavy atom. The van der Waals surface area contributed by atoms with Crippen molar-refractivity contribution in [3.8, 4) is 0 Å². The van der Waals surface area contributed by atoms with E-state index < -0.39 is 21.3 Å². The normalized spacial score (nSPS) is 24.0. The van der Waals surface area contributed by atoms with E-state index >= 15 is 0 Å². The van der Waals surface area contributed by atoms with Gasteiger partial charge in [-0.25, -0.2) is 12.8 Å². The van der Waals surface area contributed by atoms with Crippen LogP contribution >= 0.6 is 0 Å². The van der Waals surface area contributed by atoms with Crippen LogP contribution in [0.2, 0.25) is 0 Å². The van der Waals surface area contributed by atoms with E-state index in [1.54, 1.807) is 0 Å². The van der Waals surface area contributed by atoms with Gasteiger partial charge in [-0.3, -0.25) is 0 Å². The molecule has 4 nitrogen and oxygen atoms in total. The molecule has 2 rings (SSSR count). The summed E-state index contributed by atoms with van der Waals surface area (Å²) in [7, 11) is -3.37. The molecule has 1 unspecified atom stereocenters. The Morgan fingerprint density at radius 1 is 1.29 bits per heavy atom. The van der Waals surface area contributed by atoms with Crippen LogP contribution in [-0.2, 0) is 14.6 Å². The lowest BCUT2D eigenvalue weighted by atomic mass is 9.94. The fourth-order valence-corrected chi connectivity index (χ4v) is 3.47. The van der Waals surface area contributed by atoms with Gasteiger partial charge in [-0.05, 0) is 52.3 Å². The number of nitrogens with one attached hydrogen (secondary N) is 1. The van der Waals surface area contributed by atoms with E-state index in [0.717, 1.165) is 6.26 Å². The largest absolute Gasteiger partial charge is 0.377 e. The van der Waals surface area contributed by atoms with Gasteiger partial charge in [0.2, 0.25) is 0 Å². The minimum absolute atomic E-state index is 0.0994. The Balaban J connectivity index is 2.32. The predicted octanol–water partition coefficient (Wildman–Crippen LogP) is 2.99. The van der Waals surface area contributed by atoms with Crippen molar-refractivity contribution >= 4 is 15.5 Å². The lowest BCUT2D eigenvalue weighted by molar-refractivity contribution is -0.0662. The first kappa shape index (κ1) is 16.2. The average Bonchev–Trinajstić information content (AvgIpc) is 2.48. The molecule has 0 spiro atoms. The minimum Gasteiger partial charge on any atom is -0.377 e. The standard InChI is InChI=1S/C15H22FNO3S/c1-14(2)9-13(15(3,4)20-14)17-12-8-10(21(5,18)19)6-7-11(12)16/h6-8,13,17H,9H2,1-5H3. The van der Waals surface area contributed by atoms with Crippen molar-refractivity contribution in [2.75, 3.05) is 11.6 Å². The van der Waals surface area contributed by atoms with Gasteiger partial charge >= 0.3 is 0 Å². The molecule has 0 saturated carbocycles. The third kappa shape index (κ3) is 3.55. The smallest absolute Gasteiger partial charge is 0.175 e. The van der Waals surface area contributed by atoms with Gasteiger partial charge in [-0.2, -0.15) is 0 Å². The van der Waals surface area contributed by atoms with Crippen LogP contribution in [0.25, 0.3) is 0 Å². The fraction of sp³-hybridized carbons (Fsp3) is 0.600. The molecule has 1 heterocycles. The van der Waals surface area contributed by atoms with Crippen LogP contribution < -0.4 is 5.32 Å². The third-order valence-corrected chi connectivity index (χ3v) is 4.88. The van der Waals surface area contributed by atoms with Crippen molar-refractivity contribution in [3.63, 3.8) is 0 Å². The zero-order valence-corrected chi connectivity index (χ0v) is 13.8. The Labute approximate surface area is 125 Å². The van der Waals surface area contributed by atoms with Crippen molar-refractivity contribution in [2.24, 2.45) is 0 Å². The van der Waals surface area contributed by atoms with Gasteiger partial charge in [0, 0.05) is 6.26 Å². The number of hydrogen-bond acceptors (Lipinski definition) is 4. The number of rotatable bonds is 3. The van der Waals surface area contributed by atoms with Gasteiger partial charge in [0.1, 0.15) is 5.82 Å². The second kappa shape index (κ2) is 4.95. The second-order valence-corrected chi connectivity index (χ2v) is 8.80. The molecule has 1 aliphatic heterocycles. The van der Waals surface area contributed by atoms with Crippen molar-refractivity contribution in [2.45, 2.75) is 56.3 Å². The number of benzene rings is 1. The second-order valence-electron chi connectivity index (χ2n) is 6.78. The highest BCUT2D eigenvalue weighted by Gasteiger charge is 2.46. The van der Waals surface area contributed by atoms with Gasteiger partial charge < -0.3 is 10.1 Å². The van der Waals surface area contributed by atoms with Gasteiger partial charge in [-0.1, -0.05) is 0 Å². The fourth-order valence-electron chi connectivity index (χ4n) is 2.82. The minimum atomic E-state index is -3.37. The monoisotopic (exact) mass is 315 g/mol. The lowest BCUT2D eigenvalue weighted by Crippen LogP contribution is -2.38. The Bertz CT molecular complexity index is 653. The molecule has 1 aliphatic rings. The van der Waals surface area contributed by atoms with Gasteiger partial charge in [0.25, 0.3) is 0 Å². The molecule has 1 aromatic rings. The average molecular weight is 315 g/mol. The zero-order valence-electron chi connectivity index (χ0n) is 13.0. The summed E-state index contributed by atoms with van der Waals surface area (Å²) < 4.78 is 43.1. The van der Waals surface area contributed by atoms with Gasteiger partial charge in [-0.15, -0.1) is 0 Å². The van der Waals surface area contributed by atoms with Crippen LogP contribution in [0.4, 0.5) is 10.1 Å². The number of halogens is 1. The van der Waals surface area contributed by atoms with Gasteiger partial charge in [0.15, 0.2) is 9.84 Å². The molecular formula is C15H22FNO3S. The molecule has 0 bridgehead atoms. The van der Waals surface area contributed by atoms with Crippen molar-refractivity contribution in [1.29, 1.82) is 0 Å². The van der Waals surface area contributed by atoms with Crippen LogP contribution in [-0.4, -0.2) is 31.9 Å². The van der Waals surface area contributed by atoms with Crippen LogP contribution in [0.5, 0.6) is 0 Å². The van der Waals surface area contributed by atoms with Crippen LogP contribution in [0.1, 0.15) is 34.1 Å². The summed E-state index contributed by atoms with van der Waals surface area (Å²) in [5, 5.41) is 3.10. The Kier molecular flexibility index (Phi) is 3.83. The quantitative estimate of drug-likeness (QED) is 0.871. The van der Waals surface area contributed by atoms with Gasteiger partial charge in [0.05, 0.1) is 27.8 Å². The molecule has 21 heavy (non-hydrogen) atoms. The molecule has 1 aromatic carbocycles. The molecule has 0 amide bonds. The van der Waals surface area contributed by atoms with E-state index in [0.29, 0.717) is 6.42 Å². The number of hydrogen-bond donors (Lipinski definition) is 1. The molecule has 1 saturated heterocycles. The van der Waals surface area contributed by atoms with Crippen molar-refractivity contribution in [3.05, 3.63) is 24.0 Å². The topological polar surface area (TPSA) is 55.4 Å². The van der Waals surface area contributed by atoms with E-state index in [1.807, 2.05) is 27.7 Å². The highest BCUT2D eigenvalue weighted by Crippen LogP contribution is 2.39. The summed E-state index contributed by atoms with van der Waals surface area (Å²) in [5.74, 6) is -0.470. The van der Waals surface area contributed by atoms with E-state index in [1.165, 1.54) is 18.2 Å². The lowest BCUT2D eigenvalue weighted by Gasteiger charge is -2.28. The highest BCUT2D eigenvalue weighted by molar-refractivity contribution is 7.90. The van der Waals surface area contributed by atoms with Crippen LogP contribution in [0.15, 0.2) is 23.1 Å². The van der Waals surface area contributed by atoms with E-state index in [2.05, 4.69) is 5.32 Å². The van der Waals surface area contributed by atoms with Crippen molar-refractivity contribution < 1.29 is 17.5 Å². The molecular weight excluding hydrogens is 293 g/mol. The molecule has 1 N–H and O–H groups in total. The summed E-state index contributed by atoms with van der Waals surface area (Å²) in [6.07, 6.45) is 1.82. The summed E-state index contributed by atoms with van der Waals surface area (Å²) in [4.78, 5) is 0.0994. The van der Waals surface area contributed by atoms with Crippen LogP contribution in [0.3, 0.4) is 0 Å². The van der Waals surface area contributed by atoms with E-state index in [4.69, 9.17) is 4.74 Å². The number of sulfone groups is 1. The summed E-state index contributed by atoms with van der Waals surface area (Å²) >= 11 is 0.